The Hall–Kier alpha value is -1.59. The second-order valence-corrected chi connectivity index (χ2v) is 7.62. The predicted octanol–water partition coefficient (Wildman–Crippen LogP) is 2.72. The predicted molar refractivity (Wildman–Crippen MR) is 107 cm³/mol. The Labute approximate surface area is 158 Å². The highest BCUT2D eigenvalue weighted by molar-refractivity contribution is 5.79. The first kappa shape index (κ1) is 19.2. The quantitative estimate of drug-likeness (QED) is 0.627. The highest BCUT2D eigenvalue weighted by Gasteiger charge is 2.19. The minimum absolute atomic E-state index is 0.616. The number of rotatable bonds is 6. The Morgan fingerprint density at radius 1 is 1.23 bits per heavy atom. The summed E-state index contributed by atoms with van der Waals surface area (Å²) < 4.78 is 5.50. The lowest BCUT2D eigenvalue weighted by atomic mass is 10.0. The monoisotopic (exact) mass is 358 g/mol. The van der Waals surface area contributed by atoms with Gasteiger partial charge in [-0.2, -0.15) is 0 Å². The van der Waals surface area contributed by atoms with Crippen LogP contribution in [-0.4, -0.2) is 62.7 Å². The molecule has 2 fully saturated rings. The van der Waals surface area contributed by atoms with Crippen molar-refractivity contribution in [1.29, 1.82) is 0 Å². The van der Waals surface area contributed by atoms with Crippen molar-refractivity contribution < 1.29 is 4.74 Å². The Morgan fingerprint density at radius 3 is 2.69 bits per heavy atom. The summed E-state index contributed by atoms with van der Waals surface area (Å²) in [6.45, 7) is 7.11. The van der Waals surface area contributed by atoms with Gasteiger partial charge in [0.25, 0.3) is 0 Å². The van der Waals surface area contributed by atoms with Gasteiger partial charge in [0, 0.05) is 46.3 Å². The van der Waals surface area contributed by atoms with E-state index in [-0.39, 0.29) is 0 Å². The molecule has 0 aromatic heterocycles. The number of ether oxygens (including phenoxy) is 1. The van der Waals surface area contributed by atoms with Crippen LogP contribution in [0.15, 0.2) is 29.3 Å². The third kappa shape index (κ3) is 5.45. The highest BCUT2D eigenvalue weighted by atomic mass is 16.5. The maximum atomic E-state index is 5.50. The molecule has 3 rings (SSSR count). The van der Waals surface area contributed by atoms with Crippen LogP contribution in [0.4, 0.5) is 0 Å². The van der Waals surface area contributed by atoms with Gasteiger partial charge in [-0.3, -0.25) is 9.89 Å². The van der Waals surface area contributed by atoms with Crippen LogP contribution < -0.4 is 5.32 Å². The van der Waals surface area contributed by atoms with Crippen molar-refractivity contribution in [2.45, 2.75) is 38.8 Å². The van der Waals surface area contributed by atoms with Crippen molar-refractivity contribution in [3.05, 3.63) is 35.4 Å². The zero-order valence-corrected chi connectivity index (χ0v) is 16.4. The molecule has 26 heavy (non-hydrogen) atoms. The second kappa shape index (κ2) is 9.93. The Bertz CT molecular complexity index is 577. The molecule has 1 atom stereocenters. The van der Waals surface area contributed by atoms with Crippen LogP contribution >= 0.6 is 0 Å². The summed E-state index contributed by atoms with van der Waals surface area (Å²) in [5.41, 5.74) is 2.81. The molecule has 0 amide bonds. The standard InChI is InChI=1S/C21H34N4O/c1-22-21(24(2)15-18-10-13-26-17-18)23-14-19-8-4-5-9-20(19)16-25-11-6-3-7-12-25/h4-5,8-9,18H,3,6-7,10-17H2,1-2H3,(H,22,23). The fourth-order valence-corrected chi connectivity index (χ4v) is 4.00. The third-order valence-corrected chi connectivity index (χ3v) is 5.53. The molecule has 0 radical (unpaired) electrons. The highest BCUT2D eigenvalue weighted by Crippen LogP contribution is 2.17. The van der Waals surface area contributed by atoms with Crippen molar-refractivity contribution in [1.82, 2.24) is 15.1 Å². The van der Waals surface area contributed by atoms with E-state index in [1.165, 1.54) is 43.5 Å². The smallest absolute Gasteiger partial charge is 0.193 e. The average molecular weight is 359 g/mol. The Morgan fingerprint density at radius 2 is 2.00 bits per heavy atom. The molecule has 0 spiro atoms. The van der Waals surface area contributed by atoms with Gasteiger partial charge in [0.05, 0.1) is 6.61 Å². The average Bonchev–Trinajstić information content (AvgIpc) is 3.17. The van der Waals surface area contributed by atoms with Gasteiger partial charge in [0.15, 0.2) is 5.96 Å². The summed E-state index contributed by atoms with van der Waals surface area (Å²) >= 11 is 0. The van der Waals surface area contributed by atoms with E-state index in [2.05, 4.69) is 51.4 Å². The maximum Gasteiger partial charge on any atom is 0.193 e. The van der Waals surface area contributed by atoms with Gasteiger partial charge in [-0.1, -0.05) is 30.7 Å². The molecule has 1 aromatic carbocycles. The van der Waals surface area contributed by atoms with Crippen molar-refractivity contribution >= 4 is 5.96 Å². The number of nitrogens with one attached hydrogen (secondary N) is 1. The number of guanidine groups is 1. The first-order valence-electron chi connectivity index (χ1n) is 10.0. The zero-order valence-electron chi connectivity index (χ0n) is 16.4. The molecule has 1 unspecified atom stereocenters. The molecule has 5 nitrogen and oxygen atoms in total. The zero-order chi connectivity index (χ0) is 18.2. The molecule has 0 bridgehead atoms. The molecule has 0 aliphatic carbocycles. The maximum absolute atomic E-state index is 5.50. The summed E-state index contributed by atoms with van der Waals surface area (Å²) in [5, 5.41) is 3.55. The molecular formula is C21H34N4O. The van der Waals surface area contributed by atoms with E-state index in [0.29, 0.717) is 5.92 Å². The summed E-state index contributed by atoms with van der Waals surface area (Å²) in [6, 6.07) is 8.81. The lowest BCUT2D eigenvalue weighted by molar-refractivity contribution is 0.181. The molecule has 2 saturated heterocycles. The van der Waals surface area contributed by atoms with Gasteiger partial charge in [-0.25, -0.2) is 0 Å². The number of aliphatic imine (C=N–C) groups is 1. The molecule has 1 aromatic rings. The van der Waals surface area contributed by atoms with Crippen LogP contribution in [-0.2, 0) is 17.8 Å². The van der Waals surface area contributed by atoms with Crippen LogP contribution in [0.1, 0.15) is 36.8 Å². The lowest BCUT2D eigenvalue weighted by Gasteiger charge is -2.28. The van der Waals surface area contributed by atoms with E-state index in [0.717, 1.165) is 45.2 Å². The summed E-state index contributed by atoms with van der Waals surface area (Å²) in [4.78, 5) is 9.29. The van der Waals surface area contributed by atoms with E-state index in [1.807, 2.05) is 7.05 Å². The van der Waals surface area contributed by atoms with Crippen LogP contribution in [0.25, 0.3) is 0 Å². The molecule has 2 aliphatic rings. The first-order chi connectivity index (χ1) is 12.8. The molecule has 144 valence electrons. The van der Waals surface area contributed by atoms with Gasteiger partial charge in [-0.15, -0.1) is 0 Å². The van der Waals surface area contributed by atoms with Crippen molar-refractivity contribution in [3.8, 4) is 0 Å². The molecule has 2 heterocycles. The van der Waals surface area contributed by atoms with Gasteiger partial charge >= 0.3 is 0 Å². The number of hydrogen-bond acceptors (Lipinski definition) is 3. The van der Waals surface area contributed by atoms with E-state index in [4.69, 9.17) is 4.74 Å². The van der Waals surface area contributed by atoms with Crippen LogP contribution in [0.3, 0.4) is 0 Å². The van der Waals surface area contributed by atoms with E-state index < -0.39 is 0 Å². The minimum Gasteiger partial charge on any atom is -0.381 e. The fourth-order valence-electron chi connectivity index (χ4n) is 4.00. The summed E-state index contributed by atoms with van der Waals surface area (Å²) in [6.07, 6.45) is 5.21. The Kier molecular flexibility index (Phi) is 7.32. The van der Waals surface area contributed by atoms with Gasteiger partial charge < -0.3 is 15.0 Å². The van der Waals surface area contributed by atoms with Crippen LogP contribution in [0.2, 0.25) is 0 Å². The first-order valence-corrected chi connectivity index (χ1v) is 10.0. The topological polar surface area (TPSA) is 40.1 Å². The number of nitrogens with zero attached hydrogens (tertiary/aromatic N) is 3. The lowest BCUT2D eigenvalue weighted by Crippen LogP contribution is -2.41. The van der Waals surface area contributed by atoms with Crippen molar-refractivity contribution in [3.63, 3.8) is 0 Å². The van der Waals surface area contributed by atoms with Gasteiger partial charge in [0.2, 0.25) is 0 Å². The largest absolute Gasteiger partial charge is 0.381 e. The van der Waals surface area contributed by atoms with Crippen molar-refractivity contribution in [2.75, 3.05) is 46.9 Å². The number of benzene rings is 1. The summed E-state index contributed by atoms with van der Waals surface area (Å²) in [7, 11) is 3.98. The van der Waals surface area contributed by atoms with E-state index in [9.17, 15) is 0 Å². The van der Waals surface area contributed by atoms with Crippen LogP contribution in [0.5, 0.6) is 0 Å². The SMILES string of the molecule is CN=C(NCc1ccccc1CN1CCCCC1)N(C)CC1CCOC1. The third-order valence-electron chi connectivity index (χ3n) is 5.53. The normalized spacial score (nSPS) is 21.8. The van der Waals surface area contributed by atoms with Crippen LogP contribution in [0, 0.1) is 5.92 Å². The molecule has 2 aliphatic heterocycles. The molecule has 1 N–H and O–H groups in total. The van der Waals surface area contributed by atoms with Gasteiger partial charge in [-0.05, 0) is 43.5 Å². The van der Waals surface area contributed by atoms with E-state index >= 15 is 0 Å². The number of hydrogen-bond donors (Lipinski definition) is 1. The number of piperidine rings is 1. The molecule has 5 heteroatoms. The number of likely N-dealkylation sites (tertiary alicyclic amines) is 1. The van der Waals surface area contributed by atoms with E-state index in [1.54, 1.807) is 0 Å². The summed E-state index contributed by atoms with van der Waals surface area (Å²) in [5.74, 6) is 1.58. The fraction of sp³-hybridized carbons (Fsp3) is 0.667. The Balaban J connectivity index is 1.55. The minimum atomic E-state index is 0.616. The van der Waals surface area contributed by atoms with Gasteiger partial charge in [0.1, 0.15) is 0 Å². The van der Waals surface area contributed by atoms with Crippen molar-refractivity contribution in [2.24, 2.45) is 10.9 Å². The molecule has 0 saturated carbocycles. The molecular weight excluding hydrogens is 324 g/mol. The second-order valence-electron chi connectivity index (χ2n) is 7.62.